The molecular weight excluding hydrogens is 881 g/mol. The largest absolute Gasteiger partial charge is 0.355 e. The Morgan fingerprint density at radius 1 is 0.222 bits per heavy atom. The van der Waals surface area contributed by atoms with Crippen LogP contribution in [0.2, 0.25) is 0 Å². The molecule has 0 aliphatic carbocycles. The van der Waals surface area contributed by atoms with E-state index in [4.69, 9.17) is 19.9 Å². The van der Waals surface area contributed by atoms with Crippen molar-refractivity contribution >= 4 is 92.7 Å². The van der Waals surface area contributed by atoms with E-state index in [2.05, 4.69) is 226 Å². The monoisotopic (exact) mass is 922 g/mol. The Balaban J connectivity index is 1.18. The summed E-state index contributed by atoms with van der Waals surface area (Å²) in [5.41, 5.74) is 23.9. The van der Waals surface area contributed by atoms with Crippen molar-refractivity contribution in [1.82, 2.24) is 39.9 Å². The lowest BCUT2D eigenvalue weighted by molar-refractivity contribution is 1.29. The van der Waals surface area contributed by atoms with E-state index in [0.717, 1.165) is 145 Å². The van der Waals surface area contributed by atoms with Gasteiger partial charge in [0.1, 0.15) is 0 Å². The average Bonchev–Trinajstić information content (AvgIpc) is 4.26. The summed E-state index contributed by atoms with van der Waals surface area (Å²) < 4.78 is 0. The van der Waals surface area contributed by atoms with Crippen LogP contribution < -0.4 is 0 Å². The Morgan fingerprint density at radius 2 is 0.486 bits per heavy atom. The summed E-state index contributed by atoms with van der Waals surface area (Å²) in [5.74, 6) is 0. The van der Waals surface area contributed by atoms with Crippen LogP contribution in [0.3, 0.4) is 0 Å². The van der Waals surface area contributed by atoms with E-state index in [-0.39, 0.29) is 0 Å². The van der Waals surface area contributed by atoms with Crippen molar-refractivity contribution in [2.45, 2.75) is 0 Å². The number of H-pyrrole nitrogens is 4. The van der Waals surface area contributed by atoms with Crippen LogP contribution >= 0.6 is 0 Å². The number of hydrogen-bond acceptors (Lipinski definition) is 4. The highest BCUT2D eigenvalue weighted by Crippen LogP contribution is 2.41. The second-order valence-corrected chi connectivity index (χ2v) is 18.2. The van der Waals surface area contributed by atoms with Crippen LogP contribution in [-0.4, -0.2) is 39.9 Å². The fourth-order valence-electron chi connectivity index (χ4n) is 10.4. The van der Waals surface area contributed by atoms with Gasteiger partial charge in [0.15, 0.2) is 0 Å². The summed E-state index contributed by atoms with van der Waals surface area (Å²) in [6.07, 6.45) is 16.9. The smallest absolute Gasteiger partial charge is 0.0738 e. The maximum Gasteiger partial charge on any atom is 0.0738 e. The molecule has 72 heavy (non-hydrogen) atoms. The average molecular weight is 923 g/mol. The van der Waals surface area contributed by atoms with Crippen LogP contribution in [-0.2, 0) is 0 Å². The summed E-state index contributed by atoms with van der Waals surface area (Å²) in [4.78, 5) is 37.2. The molecule has 6 aromatic heterocycles. The molecule has 4 N–H and O–H groups in total. The summed E-state index contributed by atoms with van der Waals surface area (Å²) in [6.45, 7) is 0. The number of hydrogen-bond donors (Lipinski definition) is 4. The van der Waals surface area contributed by atoms with Gasteiger partial charge in [0.25, 0.3) is 0 Å². The summed E-state index contributed by atoms with van der Waals surface area (Å²) in [5, 5.41) is 0. The SMILES string of the molecule is C1=Cc2nc1cc1ccc([nH]1)c(-c1ccccc1)c1nc(c(-c3c4nc(c(-c5ccccc5)c5ccc(cc6nc(c(-c7ccccc7)c7ccc3[nH]7)C=C6)[nH]5)C=C4)c3ccc([nH]3)c2-c2ccccc2)C=C1. The van der Waals surface area contributed by atoms with Crippen LogP contribution in [0.15, 0.2) is 182 Å². The molecule has 16 bridgehead atoms. The zero-order chi connectivity index (χ0) is 47.5. The number of benzene rings is 4. The number of fused-ring (bicyclic) bond motifs is 16. The third-order valence-corrected chi connectivity index (χ3v) is 13.7. The minimum atomic E-state index is 0.781. The van der Waals surface area contributed by atoms with E-state index in [1.54, 1.807) is 0 Å². The number of rotatable bonds is 5. The zero-order valence-corrected chi connectivity index (χ0v) is 38.7. The van der Waals surface area contributed by atoms with Gasteiger partial charge in [-0.2, -0.15) is 0 Å². The fraction of sp³-hybridized carbons (Fsp3) is 0. The van der Waals surface area contributed by atoms with Crippen molar-refractivity contribution < 1.29 is 0 Å². The van der Waals surface area contributed by atoms with Gasteiger partial charge in [0.05, 0.1) is 45.6 Å². The van der Waals surface area contributed by atoms with Gasteiger partial charge in [-0.15, -0.1) is 0 Å². The Morgan fingerprint density at radius 3 is 0.833 bits per heavy atom. The molecule has 338 valence electrons. The number of nitrogens with one attached hydrogen (secondary N) is 4. The van der Waals surface area contributed by atoms with Crippen LogP contribution in [0.4, 0.5) is 0 Å². The van der Waals surface area contributed by atoms with Crippen LogP contribution in [0.1, 0.15) is 45.6 Å². The third-order valence-electron chi connectivity index (χ3n) is 13.7. The zero-order valence-electron chi connectivity index (χ0n) is 38.7. The molecule has 0 saturated heterocycles. The standard InChI is InChI=1S/C64H42N8/c1-5-13-39(14-6-1)59-47-25-21-43(65-47)37-44-22-26-48(66-44)60(40-15-7-2-8-16-40)52-30-34-56(70-52)63(55-33-29-51(59)69-55)64-57-35-31-53(71-57)61(41-17-9-3-10-18-41)49-27-23-45(67-49)38-46-24-28-50(68-46)62(42-19-11-4-12-20-42)54-32-36-58(64)72-54/h1-38,65,67,70,72H. The Hall–Kier alpha value is -9.92. The molecular formula is C64H42N8. The first kappa shape index (κ1) is 41.1. The first-order chi connectivity index (χ1) is 35.6. The van der Waals surface area contributed by atoms with E-state index >= 15 is 0 Å². The van der Waals surface area contributed by atoms with Crippen molar-refractivity contribution in [2.75, 3.05) is 0 Å². The molecule has 0 saturated carbocycles. The van der Waals surface area contributed by atoms with E-state index in [1.807, 2.05) is 24.3 Å². The molecule has 0 radical (unpaired) electrons. The van der Waals surface area contributed by atoms with E-state index in [0.29, 0.717) is 0 Å². The summed E-state index contributed by atoms with van der Waals surface area (Å²) >= 11 is 0. The predicted octanol–water partition coefficient (Wildman–Crippen LogP) is 16.0. The molecule has 4 aromatic carbocycles. The van der Waals surface area contributed by atoms with Gasteiger partial charge in [-0.3, -0.25) is 0 Å². The van der Waals surface area contributed by atoms with Crippen LogP contribution in [0, 0.1) is 0 Å². The van der Waals surface area contributed by atoms with Gasteiger partial charge >= 0.3 is 0 Å². The van der Waals surface area contributed by atoms with Gasteiger partial charge in [-0.1, -0.05) is 121 Å². The maximum atomic E-state index is 5.65. The van der Waals surface area contributed by atoms with Gasteiger partial charge in [0, 0.05) is 77.5 Å². The highest BCUT2D eigenvalue weighted by molar-refractivity contribution is 6.04. The fourth-order valence-corrected chi connectivity index (χ4v) is 10.4. The summed E-state index contributed by atoms with van der Waals surface area (Å²) in [7, 11) is 0. The van der Waals surface area contributed by atoms with E-state index in [9.17, 15) is 0 Å². The Kier molecular flexibility index (Phi) is 9.67. The Bertz CT molecular complexity index is 3950. The number of aromatic nitrogens is 8. The number of aromatic amines is 4. The Labute approximate surface area is 413 Å². The van der Waals surface area contributed by atoms with Crippen molar-refractivity contribution in [3.8, 4) is 55.6 Å². The second-order valence-electron chi connectivity index (χ2n) is 18.2. The van der Waals surface area contributed by atoms with Crippen molar-refractivity contribution in [3.05, 3.63) is 228 Å². The lowest BCUT2D eigenvalue weighted by Gasteiger charge is -2.08. The molecule has 0 spiro atoms. The van der Waals surface area contributed by atoms with Gasteiger partial charge in [0.2, 0.25) is 0 Å². The molecule has 4 aliphatic rings. The molecule has 4 aliphatic heterocycles. The van der Waals surface area contributed by atoms with Crippen molar-refractivity contribution in [2.24, 2.45) is 0 Å². The lowest BCUT2D eigenvalue weighted by Crippen LogP contribution is -1.92. The third kappa shape index (κ3) is 7.25. The molecule has 10 aromatic rings. The van der Waals surface area contributed by atoms with E-state index < -0.39 is 0 Å². The molecule has 0 fully saturated rings. The van der Waals surface area contributed by atoms with E-state index in [1.165, 1.54) is 0 Å². The predicted molar refractivity (Wildman–Crippen MR) is 298 cm³/mol. The molecule has 0 unspecified atom stereocenters. The highest BCUT2D eigenvalue weighted by Gasteiger charge is 2.22. The first-order valence-electron chi connectivity index (χ1n) is 24.1. The molecule has 14 rings (SSSR count). The lowest BCUT2D eigenvalue weighted by atomic mass is 10.0. The summed E-state index contributed by atoms with van der Waals surface area (Å²) in [6, 6.07) is 63.3. The topological polar surface area (TPSA) is 115 Å². The molecule has 8 nitrogen and oxygen atoms in total. The van der Waals surface area contributed by atoms with Gasteiger partial charge in [-0.25, -0.2) is 19.9 Å². The minimum absolute atomic E-state index is 0.781. The van der Waals surface area contributed by atoms with Crippen molar-refractivity contribution in [3.63, 3.8) is 0 Å². The van der Waals surface area contributed by atoms with Crippen LogP contribution in [0.5, 0.6) is 0 Å². The van der Waals surface area contributed by atoms with Crippen LogP contribution in [0.25, 0.3) is 148 Å². The van der Waals surface area contributed by atoms with Gasteiger partial charge < -0.3 is 19.9 Å². The first-order valence-corrected chi connectivity index (χ1v) is 24.1. The molecule has 10 heterocycles. The molecule has 0 amide bonds. The quantitative estimate of drug-likeness (QED) is 0.138. The van der Waals surface area contributed by atoms with Gasteiger partial charge in [-0.05, 0) is 132 Å². The normalized spacial score (nSPS) is 12.5. The minimum Gasteiger partial charge on any atom is -0.355 e. The molecule has 8 heteroatoms. The van der Waals surface area contributed by atoms with Crippen molar-refractivity contribution in [1.29, 1.82) is 0 Å². The second kappa shape index (κ2) is 16.9. The molecule has 0 atom stereocenters. The highest BCUT2D eigenvalue weighted by atomic mass is 14.8. The number of nitrogens with zero attached hydrogens (tertiary/aromatic N) is 4. The maximum absolute atomic E-state index is 5.65.